The molecule has 0 spiro atoms. The number of unbranched alkanes of at least 4 members (excludes halogenated alkanes) is 1. The molecule has 0 amide bonds. The number of halogens is 2. The normalized spacial score (nSPS) is 17.0. The molecular weight excluding hydrogens is 430 g/mol. The van der Waals surface area contributed by atoms with Crippen LogP contribution >= 0.6 is 0 Å². The largest absolute Gasteiger partial charge is 1.00 e. The molecule has 1 atom stereocenters. The predicted molar refractivity (Wildman–Crippen MR) is 96.0 cm³/mol. The molecule has 0 saturated carbocycles. The van der Waals surface area contributed by atoms with Crippen molar-refractivity contribution in [2.75, 3.05) is 0 Å². The first kappa shape index (κ1) is 22.2. The zero-order valence-corrected chi connectivity index (χ0v) is 19.8. The number of rotatable bonds is 5. The van der Waals surface area contributed by atoms with Crippen LogP contribution in [0.3, 0.4) is 0 Å². The molecule has 2 aliphatic carbocycles. The Labute approximate surface area is 167 Å². The van der Waals surface area contributed by atoms with Gasteiger partial charge in [0.05, 0.1) is 0 Å². The van der Waals surface area contributed by atoms with E-state index in [0.717, 1.165) is 3.63 Å². The van der Waals surface area contributed by atoms with Gasteiger partial charge in [0.25, 0.3) is 0 Å². The van der Waals surface area contributed by atoms with Crippen molar-refractivity contribution in [2.45, 2.75) is 49.3 Å². The molecule has 24 heavy (non-hydrogen) atoms. The van der Waals surface area contributed by atoms with Crippen molar-refractivity contribution in [3.05, 3.63) is 63.0 Å². The third-order valence-electron chi connectivity index (χ3n) is 4.78. The van der Waals surface area contributed by atoms with Crippen LogP contribution in [0.25, 0.3) is 5.57 Å². The number of benzene rings is 1. The molecule has 0 saturated heterocycles. The van der Waals surface area contributed by atoms with Gasteiger partial charge in [0.15, 0.2) is 0 Å². The molecule has 3 rings (SSSR count). The average molecular weight is 457 g/mol. The summed E-state index contributed by atoms with van der Waals surface area (Å²) in [7, 11) is 0. The Hall–Kier alpha value is 0.120. The molecule has 4 heteroatoms. The van der Waals surface area contributed by atoms with Gasteiger partial charge in [-0.05, 0) is 0 Å². The predicted octanol–water partition coefficient (Wildman–Crippen LogP) is 0.0360. The summed E-state index contributed by atoms with van der Waals surface area (Å²) in [5.74, 6) is 0. The van der Waals surface area contributed by atoms with Crippen LogP contribution in [0, 0.1) is 0 Å². The van der Waals surface area contributed by atoms with E-state index in [4.69, 9.17) is 0 Å². The van der Waals surface area contributed by atoms with Gasteiger partial charge < -0.3 is 24.8 Å². The summed E-state index contributed by atoms with van der Waals surface area (Å²) in [6, 6.07) is 9.27. The van der Waals surface area contributed by atoms with Crippen molar-refractivity contribution in [1.82, 2.24) is 0 Å². The van der Waals surface area contributed by atoms with Gasteiger partial charge in [-0.2, -0.15) is 0 Å². The van der Waals surface area contributed by atoms with E-state index in [-0.39, 0.29) is 30.2 Å². The van der Waals surface area contributed by atoms with E-state index in [1.165, 1.54) is 25.7 Å². The first-order chi connectivity index (χ1) is 10.7. The number of fused-ring (bicyclic) bond motifs is 1. The van der Waals surface area contributed by atoms with Crippen LogP contribution in [-0.4, -0.2) is 5.43 Å². The van der Waals surface area contributed by atoms with Crippen LogP contribution in [0.2, 0.25) is 13.1 Å². The van der Waals surface area contributed by atoms with E-state index in [1.807, 2.05) is 3.28 Å². The fraction of sp³-hybridized carbons (Fsp3) is 0.400. The maximum absolute atomic E-state index is 2.70. The minimum Gasteiger partial charge on any atom is -1.00 e. The smallest absolute Gasteiger partial charge is 1.00 e. The zero-order valence-electron chi connectivity index (χ0n) is 14.8. The molecule has 0 bridgehead atoms. The molecule has 0 N–H and O–H groups in total. The SMILES string of the molecule is CCCCC1=C[CH]([Zr+2]([C]2=CC=CC2)=[Si](C)C)c2ccccc21.[Cl-].[Cl-]. The topological polar surface area (TPSA) is 0 Å². The second-order valence-electron chi connectivity index (χ2n) is 6.60. The Morgan fingerprint density at radius 1 is 1.17 bits per heavy atom. The van der Waals surface area contributed by atoms with Crippen molar-refractivity contribution in [1.29, 1.82) is 0 Å². The fourth-order valence-corrected chi connectivity index (χ4v) is 21.6. The van der Waals surface area contributed by atoms with Crippen LogP contribution in [0.5, 0.6) is 0 Å². The molecular formula is C20H26Cl2SiZr. The summed E-state index contributed by atoms with van der Waals surface area (Å²) in [5.41, 5.74) is 4.71. The molecule has 0 aliphatic heterocycles. The number of hydrogen-bond acceptors (Lipinski definition) is 0. The van der Waals surface area contributed by atoms with Gasteiger partial charge in [-0.1, -0.05) is 0 Å². The van der Waals surface area contributed by atoms with Gasteiger partial charge in [0.2, 0.25) is 0 Å². The Balaban J connectivity index is 0.00000144. The van der Waals surface area contributed by atoms with Crippen LogP contribution in [-0.2, 0) is 20.4 Å². The van der Waals surface area contributed by atoms with E-state index in [0.29, 0.717) is 0 Å². The fourth-order valence-electron chi connectivity index (χ4n) is 3.74. The van der Waals surface area contributed by atoms with Crippen LogP contribution in [0.15, 0.2) is 51.9 Å². The molecule has 0 nitrogen and oxygen atoms in total. The molecule has 128 valence electrons. The third kappa shape index (κ3) is 4.64. The van der Waals surface area contributed by atoms with Gasteiger partial charge in [-0.15, -0.1) is 0 Å². The molecule has 0 fully saturated rings. The maximum atomic E-state index is 2.70. The van der Waals surface area contributed by atoms with Gasteiger partial charge in [0, 0.05) is 0 Å². The Morgan fingerprint density at radius 2 is 1.92 bits per heavy atom. The first-order valence-corrected chi connectivity index (χ1v) is 17.4. The summed E-state index contributed by atoms with van der Waals surface area (Å²) in [6.07, 6.45) is 15.0. The molecule has 0 aromatic heterocycles. The Morgan fingerprint density at radius 3 is 2.54 bits per heavy atom. The minimum absolute atomic E-state index is 0. The van der Waals surface area contributed by atoms with Gasteiger partial charge in [-0.3, -0.25) is 0 Å². The van der Waals surface area contributed by atoms with Crippen LogP contribution in [0.1, 0.15) is 47.4 Å². The summed E-state index contributed by atoms with van der Waals surface area (Å²) < 4.78 is 2.66. The van der Waals surface area contributed by atoms with Crippen molar-refractivity contribution in [3.8, 4) is 0 Å². The van der Waals surface area contributed by atoms with Crippen LogP contribution < -0.4 is 24.8 Å². The summed E-state index contributed by atoms with van der Waals surface area (Å²) in [5, 5.41) is 0. The van der Waals surface area contributed by atoms with E-state index >= 15 is 0 Å². The van der Waals surface area contributed by atoms with Crippen molar-refractivity contribution in [3.63, 3.8) is 0 Å². The summed E-state index contributed by atoms with van der Waals surface area (Å²) >= 11 is -1.58. The number of hydrogen-bond donors (Lipinski definition) is 0. The summed E-state index contributed by atoms with van der Waals surface area (Å²) in [4.78, 5) is 0. The Bertz CT molecular complexity index is 697. The van der Waals surface area contributed by atoms with E-state index in [9.17, 15) is 0 Å². The second kappa shape index (κ2) is 10.3. The van der Waals surface area contributed by atoms with Crippen molar-refractivity contribution >= 4 is 11.0 Å². The van der Waals surface area contributed by atoms with Gasteiger partial charge in [-0.25, -0.2) is 0 Å². The maximum Gasteiger partial charge on any atom is -1.00 e. The van der Waals surface area contributed by atoms with Crippen molar-refractivity contribution in [2.24, 2.45) is 0 Å². The molecule has 0 radical (unpaired) electrons. The molecule has 1 unspecified atom stereocenters. The molecule has 2 aliphatic rings. The average Bonchev–Trinajstić information content (AvgIpc) is 3.15. The molecule has 1 aromatic carbocycles. The van der Waals surface area contributed by atoms with E-state index in [2.05, 4.69) is 68.6 Å². The molecule has 1 aromatic rings. The first-order valence-electron chi connectivity index (χ1n) is 8.55. The van der Waals surface area contributed by atoms with E-state index < -0.39 is 20.4 Å². The third-order valence-corrected chi connectivity index (χ3v) is 22.9. The number of allylic oxidation sites excluding steroid dienone is 6. The monoisotopic (exact) mass is 454 g/mol. The summed E-state index contributed by atoms with van der Waals surface area (Å²) in [6.45, 7) is 7.44. The van der Waals surface area contributed by atoms with E-state index in [1.54, 1.807) is 16.7 Å². The van der Waals surface area contributed by atoms with Crippen molar-refractivity contribution < 1.29 is 45.2 Å². The standard InChI is InChI=1S/C13H15.C5H5.C2H6Si.2ClH.Zr/c1-2-3-6-11-9-10-12-7-4-5-8-13(11)12;1-2-4-5-3-1;1-3-2;;;/h4-5,7-10H,2-3,6H2,1H3;1-3H,4H2;1-2H3;2*1H;/q;;;;;+2/p-2. The second-order valence-corrected chi connectivity index (χ2v) is 24.3. The quantitative estimate of drug-likeness (QED) is 0.549. The minimum atomic E-state index is -1.58. The van der Waals surface area contributed by atoms with Gasteiger partial charge >= 0.3 is 144 Å². The zero-order chi connectivity index (χ0) is 15.5. The molecule has 0 heterocycles. The Kier molecular flexibility index (Phi) is 9.52. The van der Waals surface area contributed by atoms with Crippen LogP contribution in [0.4, 0.5) is 0 Å². The van der Waals surface area contributed by atoms with Gasteiger partial charge in [0.1, 0.15) is 0 Å².